The van der Waals surface area contributed by atoms with E-state index in [-0.39, 0.29) is 11.5 Å². The molecular weight excluding hydrogens is 340 g/mol. The van der Waals surface area contributed by atoms with Gasteiger partial charge in [-0.15, -0.1) is 0 Å². The smallest absolute Gasteiger partial charge is 0.0594 e. The van der Waals surface area contributed by atoms with Crippen LogP contribution in [0.1, 0.15) is 89.5 Å². The summed E-state index contributed by atoms with van der Waals surface area (Å²) in [6.45, 7) is 19.0. The Labute approximate surface area is 174 Å². The van der Waals surface area contributed by atoms with Gasteiger partial charge in [-0.2, -0.15) is 0 Å². The number of rotatable bonds is 4. The van der Waals surface area contributed by atoms with Crippen molar-refractivity contribution < 1.29 is 5.11 Å². The first-order valence-electron chi connectivity index (χ1n) is 11.7. The summed E-state index contributed by atoms with van der Waals surface area (Å²) in [6, 6.07) is 4.84. The molecule has 0 heterocycles. The molecule has 0 spiro atoms. The van der Waals surface area contributed by atoms with E-state index >= 15 is 0 Å². The van der Waals surface area contributed by atoms with Gasteiger partial charge in [0.2, 0.25) is 0 Å². The van der Waals surface area contributed by atoms with Gasteiger partial charge in [0, 0.05) is 0 Å². The molecule has 0 bridgehead atoms. The Morgan fingerprint density at radius 2 is 1.50 bits per heavy atom. The molecule has 28 heavy (non-hydrogen) atoms. The van der Waals surface area contributed by atoms with E-state index < -0.39 is 0 Å². The SMILES string of the molecule is Cc1c(CC(C)C)ccc(CC2(C)C(C)CCC3C2CCC(O)C3(C)C)c1C. The first-order chi connectivity index (χ1) is 13.0. The number of hydrogen-bond acceptors (Lipinski definition) is 1. The predicted octanol–water partition coefficient (Wildman–Crippen LogP) is 6.89. The number of fused-ring (bicyclic) bond motifs is 1. The van der Waals surface area contributed by atoms with Gasteiger partial charge in [0.25, 0.3) is 0 Å². The second-order valence-electron chi connectivity index (χ2n) is 11.5. The van der Waals surface area contributed by atoms with Crippen molar-refractivity contribution in [3.63, 3.8) is 0 Å². The van der Waals surface area contributed by atoms with Crippen molar-refractivity contribution in [1.29, 1.82) is 0 Å². The van der Waals surface area contributed by atoms with Crippen LogP contribution >= 0.6 is 0 Å². The maximum absolute atomic E-state index is 10.7. The van der Waals surface area contributed by atoms with E-state index in [1.165, 1.54) is 48.8 Å². The molecule has 158 valence electrons. The van der Waals surface area contributed by atoms with E-state index in [1.54, 1.807) is 5.56 Å². The zero-order valence-corrected chi connectivity index (χ0v) is 19.7. The molecule has 1 aromatic carbocycles. The highest BCUT2D eigenvalue weighted by molar-refractivity contribution is 5.40. The van der Waals surface area contributed by atoms with Gasteiger partial charge < -0.3 is 5.11 Å². The lowest BCUT2D eigenvalue weighted by molar-refractivity contribution is -0.129. The third kappa shape index (κ3) is 3.69. The molecule has 1 heteroatoms. The molecule has 0 saturated heterocycles. The molecule has 1 aromatic rings. The maximum atomic E-state index is 10.7. The van der Waals surface area contributed by atoms with Crippen molar-refractivity contribution >= 4 is 0 Å². The summed E-state index contributed by atoms with van der Waals surface area (Å²) < 4.78 is 0. The minimum Gasteiger partial charge on any atom is -0.393 e. The number of aliphatic hydroxyl groups is 1. The highest BCUT2D eigenvalue weighted by Crippen LogP contribution is 2.60. The van der Waals surface area contributed by atoms with E-state index in [0.29, 0.717) is 17.3 Å². The van der Waals surface area contributed by atoms with E-state index in [9.17, 15) is 5.11 Å². The van der Waals surface area contributed by atoms with E-state index in [1.807, 2.05) is 0 Å². The van der Waals surface area contributed by atoms with Crippen LogP contribution in [0.5, 0.6) is 0 Å². The van der Waals surface area contributed by atoms with Crippen molar-refractivity contribution in [2.75, 3.05) is 0 Å². The van der Waals surface area contributed by atoms with Gasteiger partial charge >= 0.3 is 0 Å². The lowest BCUT2D eigenvalue weighted by atomic mass is 9.47. The third-order valence-electron chi connectivity index (χ3n) is 9.15. The first-order valence-corrected chi connectivity index (χ1v) is 11.7. The zero-order chi connectivity index (χ0) is 20.9. The van der Waals surface area contributed by atoms with E-state index in [0.717, 1.165) is 18.3 Å². The van der Waals surface area contributed by atoms with Gasteiger partial charge in [-0.05, 0) is 109 Å². The van der Waals surface area contributed by atoms with Crippen LogP contribution in [-0.2, 0) is 12.8 Å². The lowest BCUT2D eigenvalue weighted by Crippen LogP contribution is -2.54. The normalized spacial score (nSPS) is 35.1. The minimum atomic E-state index is -0.134. The fourth-order valence-electron chi connectivity index (χ4n) is 6.66. The van der Waals surface area contributed by atoms with Crippen LogP contribution in [0, 0.1) is 48.3 Å². The van der Waals surface area contributed by atoms with Crippen molar-refractivity contribution in [1.82, 2.24) is 0 Å². The molecule has 2 saturated carbocycles. The van der Waals surface area contributed by atoms with Crippen molar-refractivity contribution in [3.8, 4) is 0 Å². The molecule has 0 aromatic heterocycles. The summed E-state index contributed by atoms with van der Waals surface area (Å²) in [4.78, 5) is 0. The second kappa shape index (κ2) is 7.78. The van der Waals surface area contributed by atoms with E-state index in [4.69, 9.17) is 0 Å². The van der Waals surface area contributed by atoms with Crippen LogP contribution in [-0.4, -0.2) is 11.2 Å². The number of benzene rings is 1. The summed E-state index contributed by atoms with van der Waals surface area (Å²) in [5.41, 5.74) is 6.49. The van der Waals surface area contributed by atoms with Crippen molar-refractivity contribution in [2.45, 2.75) is 100 Å². The lowest BCUT2D eigenvalue weighted by Gasteiger charge is -2.59. The van der Waals surface area contributed by atoms with Crippen LogP contribution in [0.2, 0.25) is 0 Å². The Morgan fingerprint density at radius 1 is 0.929 bits per heavy atom. The average molecular weight is 385 g/mol. The predicted molar refractivity (Wildman–Crippen MR) is 121 cm³/mol. The Hall–Kier alpha value is -0.820. The molecule has 0 amide bonds. The largest absolute Gasteiger partial charge is 0.393 e. The zero-order valence-electron chi connectivity index (χ0n) is 19.7. The Bertz CT molecular complexity index is 700. The molecule has 1 nitrogen and oxygen atoms in total. The Kier molecular flexibility index (Phi) is 6.08. The van der Waals surface area contributed by atoms with Gasteiger partial charge in [-0.25, -0.2) is 0 Å². The van der Waals surface area contributed by atoms with Gasteiger partial charge in [-0.1, -0.05) is 53.7 Å². The van der Waals surface area contributed by atoms with Crippen LogP contribution in [0.25, 0.3) is 0 Å². The summed E-state index contributed by atoms with van der Waals surface area (Å²) >= 11 is 0. The quantitative estimate of drug-likeness (QED) is 0.599. The second-order valence-corrected chi connectivity index (χ2v) is 11.5. The molecule has 5 unspecified atom stereocenters. The number of aliphatic hydroxyl groups excluding tert-OH is 1. The van der Waals surface area contributed by atoms with E-state index in [2.05, 4.69) is 67.5 Å². The molecule has 3 rings (SSSR count). The Morgan fingerprint density at radius 3 is 2.14 bits per heavy atom. The van der Waals surface area contributed by atoms with Crippen LogP contribution in [0.15, 0.2) is 12.1 Å². The van der Waals surface area contributed by atoms with Crippen LogP contribution in [0.3, 0.4) is 0 Å². The Balaban J connectivity index is 1.92. The summed E-state index contributed by atoms with van der Waals surface area (Å²) in [7, 11) is 0. The summed E-state index contributed by atoms with van der Waals surface area (Å²) in [6.07, 6.45) is 6.99. The fraction of sp³-hybridized carbons (Fsp3) is 0.778. The molecule has 0 aliphatic heterocycles. The summed E-state index contributed by atoms with van der Waals surface area (Å²) in [5, 5.41) is 10.7. The van der Waals surface area contributed by atoms with Gasteiger partial charge in [0.15, 0.2) is 0 Å². The monoisotopic (exact) mass is 384 g/mol. The maximum Gasteiger partial charge on any atom is 0.0594 e. The molecule has 1 N–H and O–H groups in total. The van der Waals surface area contributed by atoms with Crippen molar-refractivity contribution in [3.05, 3.63) is 34.4 Å². The topological polar surface area (TPSA) is 20.2 Å². The average Bonchev–Trinajstić information content (AvgIpc) is 2.61. The molecular formula is C27H44O. The molecule has 0 radical (unpaired) electrons. The van der Waals surface area contributed by atoms with Crippen LogP contribution < -0.4 is 0 Å². The van der Waals surface area contributed by atoms with Crippen molar-refractivity contribution in [2.24, 2.45) is 34.5 Å². The number of hydrogen-bond donors (Lipinski definition) is 1. The van der Waals surface area contributed by atoms with Gasteiger partial charge in [-0.3, -0.25) is 0 Å². The summed E-state index contributed by atoms with van der Waals surface area (Å²) in [5.74, 6) is 2.83. The molecule has 2 aliphatic carbocycles. The molecule has 2 aliphatic rings. The highest BCUT2D eigenvalue weighted by atomic mass is 16.3. The minimum absolute atomic E-state index is 0.0520. The molecule has 5 atom stereocenters. The third-order valence-corrected chi connectivity index (χ3v) is 9.15. The standard InChI is InChI=1S/C27H44O/c1-17(2)15-21-10-11-22(20(5)19(21)4)16-27(8)18(3)9-12-23-24(27)13-14-25(28)26(23,6)7/h10-11,17-18,23-25,28H,9,12-16H2,1-8H3. The molecule has 2 fully saturated rings. The highest BCUT2D eigenvalue weighted by Gasteiger charge is 2.54. The first kappa shape index (κ1) is 21.9. The van der Waals surface area contributed by atoms with Gasteiger partial charge in [0.05, 0.1) is 6.10 Å². The fourth-order valence-corrected chi connectivity index (χ4v) is 6.66. The van der Waals surface area contributed by atoms with Gasteiger partial charge in [0.1, 0.15) is 0 Å². The van der Waals surface area contributed by atoms with Crippen LogP contribution in [0.4, 0.5) is 0 Å².